The van der Waals surface area contributed by atoms with Crippen LogP contribution in [0.1, 0.15) is 50.4 Å². The predicted octanol–water partition coefficient (Wildman–Crippen LogP) is 3.69. The summed E-state index contributed by atoms with van der Waals surface area (Å²) in [5.41, 5.74) is 2.20. The standard InChI is InChI=1S/C19H22N2O2/c1-12(2)16-18(22)21-13(3)17(14-8-5-4-6-9-14)23-19(21)15-10-7-11-20(15)16/h4-13,16-17,19H,1-3H3/t13-,16+,17-,19+/m1/s1. The van der Waals surface area contributed by atoms with Gasteiger partial charge in [0.25, 0.3) is 0 Å². The Kier molecular flexibility index (Phi) is 3.31. The molecule has 2 aromatic rings. The molecule has 120 valence electrons. The predicted molar refractivity (Wildman–Crippen MR) is 87.6 cm³/mol. The van der Waals surface area contributed by atoms with Crippen LogP contribution in [-0.2, 0) is 9.53 Å². The van der Waals surface area contributed by atoms with Crippen LogP contribution < -0.4 is 0 Å². The summed E-state index contributed by atoms with van der Waals surface area (Å²) in [6, 6.07) is 14.1. The van der Waals surface area contributed by atoms with Crippen LogP contribution in [0.3, 0.4) is 0 Å². The van der Waals surface area contributed by atoms with Crippen molar-refractivity contribution in [2.45, 2.75) is 45.2 Å². The van der Waals surface area contributed by atoms with E-state index < -0.39 is 0 Å². The van der Waals surface area contributed by atoms with Crippen molar-refractivity contribution < 1.29 is 9.53 Å². The van der Waals surface area contributed by atoms with Crippen LogP contribution in [0.15, 0.2) is 48.7 Å². The van der Waals surface area contributed by atoms with Gasteiger partial charge in [0.1, 0.15) is 12.1 Å². The van der Waals surface area contributed by atoms with Gasteiger partial charge in [-0.1, -0.05) is 44.2 Å². The molecule has 3 heterocycles. The van der Waals surface area contributed by atoms with Crippen molar-refractivity contribution in [1.29, 1.82) is 0 Å². The molecule has 0 aliphatic carbocycles. The molecule has 0 spiro atoms. The minimum absolute atomic E-state index is 0.0276. The summed E-state index contributed by atoms with van der Waals surface area (Å²) >= 11 is 0. The van der Waals surface area contributed by atoms with Gasteiger partial charge in [-0.3, -0.25) is 4.79 Å². The number of rotatable bonds is 2. The molecule has 23 heavy (non-hydrogen) atoms. The molecule has 1 saturated heterocycles. The van der Waals surface area contributed by atoms with E-state index in [1.54, 1.807) is 0 Å². The van der Waals surface area contributed by atoms with Crippen molar-refractivity contribution in [2.24, 2.45) is 5.92 Å². The summed E-state index contributed by atoms with van der Waals surface area (Å²) in [5, 5.41) is 0. The molecule has 1 amide bonds. The molecule has 1 fully saturated rings. The third-order valence-corrected chi connectivity index (χ3v) is 5.04. The van der Waals surface area contributed by atoms with Gasteiger partial charge < -0.3 is 14.2 Å². The lowest BCUT2D eigenvalue weighted by atomic mass is 9.97. The van der Waals surface area contributed by atoms with Crippen LogP contribution in [0.25, 0.3) is 0 Å². The molecular formula is C19H22N2O2. The number of carbonyl (C=O) groups excluding carboxylic acids is 1. The van der Waals surface area contributed by atoms with Crippen LogP contribution in [0.5, 0.6) is 0 Å². The topological polar surface area (TPSA) is 34.5 Å². The maximum absolute atomic E-state index is 13.1. The van der Waals surface area contributed by atoms with Crippen LogP contribution in [0.4, 0.5) is 0 Å². The molecular weight excluding hydrogens is 288 g/mol. The summed E-state index contributed by atoms with van der Waals surface area (Å²) in [4.78, 5) is 15.1. The first kappa shape index (κ1) is 14.5. The lowest BCUT2D eigenvalue weighted by Gasteiger charge is -2.38. The quantitative estimate of drug-likeness (QED) is 0.848. The minimum atomic E-state index is -0.285. The zero-order chi connectivity index (χ0) is 16.1. The van der Waals surface area contributed by atoms with Gasteiger partial charge in [0.15, 0.2) is 6.23 Å². The van der Waals surface area contributed by atoms with Crippen molar-refractivity contribution >= 4 is 5.91 Å². The fraction of sp³-hybridized carbons (Fsp3) is 0.421. The largest absolute Gasteiger partial charge is 0.342 e. The zero-order valence-electron chi connectivity index (χ0n) is 13.7. The van der Waals surface area contributed by atoms with E-state index in [9.17, 15) is 4.79 Å². The molecule has 0 bridgehead atoms. The highest BCUT2D eigenvalue weighted by Crippen LogP contribution is 2.47. The molecule has 2 aliphatic heterocycles. The maximum Gasteiger partial charge on any atom is 0.248 e. The third-order valence-electron chi connectivity index (χ3n) is 5.04. The lowest BCUT2D eigenvalue weighted by molar-refractivity contribution is -0.147. The second-order valence-corrected chi connectivity index (χ2v) is 6.84. The molecule has 1 aromatic heterocycles. The van der Waals surface area contributed by atoms with Gasteiger partial charge in [-0.2, -0.15) is 0 Å². The number of benzene rings is 1. The van der Waals surface area contributed by atoms with E-state index in [2.05, 4.69) is 43.5 Å². The molecule has 0 radical (unpaired) electrons. The average molecular weight is 310 g/mol. The first-order valence-corrected chi connectivity index (χ1v) is 8.29. The second kappa shape index (κ2) is 5.24. The molecule has 4 atom stereocenters. The number of carbonyl (C=O) groups is 1. The summed E-state index contributed by atoms with van der Waals surface area (Å²) in [7, 11) is 0. The van der Waals surface area contributed by atoms with E-state index in [4.69, 9.17) is 4.74 Å². The molecule has 0 saturated carbocycles. The van der Waals surface area contributed by atoms with Crippen LogP contribution in [0.2, 0.25) is 0 Å². The van der Waals surface area contributed by atoms with E-state index in [-0.39, 0.29) is 36.2 Å². The Balaban J connectivity index is 1.77. The highest BCUT2D eigenvalue weighted by atomic mass is 16.5. The number of fused-ring (bicyclic) bond motifs is 3. The molecule has 0 N–H and O–H groups in total. The first-order valence-electron chi connectivity index (χ1n) is 8.29. The van der Waals surface area contributed by atoms with Crippen LogP contribution in [0, 0.1) is 5.92 Å². The molecule has 4 heteroatoms. The van der Waals surface area contributed by atoms with E-state index in [0.717, 1.165) is 11.3 Å². The van der Waals surface area contributed by atoms with Crippen LogP contribution >= 0.6 is 0 Å². The van der Waals surface area contributed by atoms with Gasteiger partial charge in [0.2, 0.25) is 5.91 Å². The summed E-state index contributed by atoms with van der Waals surface area (Å²) in [6.45, 7) is 6.29. The van der Waals surface area contributed by atoms with E-state index in [1.165, 1.54) is 0 Å². The zero-order valence-corrected chi connectivity index (χ0v) is 13.7. The SMILES string of the molecule is CC(C)[C@H]1C(=O)N2[C@H](C)[C@H](c3ccccc3)O[C@H]2c2cccn21. The molecule has 1 aromatic carbocycles. The smallest absolute Gasteiger partial charge is 0.248 e. The molecule has 4 nitrogen and oxygen atoms in total. The first-order chi connectivity index (χ1) is 11.1. The van der Waals surface area contributed by atoms with Crippen molar-refractivity contribution in [1.82, 2.24) is 9.47 Å². The number of hydrogen-bond donors (Lipinski definition) is 0. The highest BCUT2D eigenvalue weighted by molar-refractivity contribution is 5.83. The molecule has 4 rings (SSSR count). The van der Waals surface area contributed by atoms with Gasteiger partial charge in [-0.05, 0) is 30.5 Å². The lowest BCUT2D eigenvalue weighted by Crippen LogP contribution is -2.47. The van der Waals surface area contributed by atoms with E-state index in [1.807, 2.05) is 35.4 Å². The second-order valence-electron chi connectivity index (χ2n) is 6.84. The highest BCUT2D eigenvalue weighted by Gasteiger charge is 2.50. The van der Waals surface area contributed by atoms with Crippen LogP contribution in [-0.4, -0.2) is 21.4 Å². The number of hydrogen-bond acceptors (Lipinski definition) is 2. The normalized spacial score (nSPS) is 29.7. The van der Waals surface area contributed by atoms with Crippen molar-refractivity contribution in [3.05, 3.63) is 59.9 Å². The third kappa shape index (κ3) is 2.05. The van der Waals surface area contributed by atoms with Crippen molar-refractivity contribution in [3.63, 3.8) is 0 Å². The summed E-state index contributed by atoms with van der Waals surface area (Å²) in [6.07, 6.45) is 1.63. The fourth-order valence-corrected chi connectivity index (χ4v) is 3.95. The molecule has 0 unspecified atom stereocenters. The fourth-order valence-electron chi connectivity index (χ4n) is 3.95. The molecule has 2 aliphatic rings. The van der Waals surface area contributed by atoms with Gasteiger partial charge in [-0.15, -0.1) is 0 Å². The monoisotopic (exact) mass is 310 g/mol. The Bertz CT molecular complexity index is 722. The van der Waals surface area contributed by atoms with Gasteiger partial charge in [0, 0.05) is 6.20 Å². The Morgan fingerprint density at radius 2 is 1.83 bits per heavy atom. The Morgan fingerprint density at radius 3 is 2.52 bits per heavy atom. The van der Waals surface area contributed by atoms with Crippen molar-refractivity contribution in [3.8, 4) is 0 Å². The number of nitrogens with zero attached hydrogens (tertiary/aromatic N) is 2. The van der Waals surface area contributed by atoms with Crippen molar-refractivity contribution in [2.75, 3.05) is 0 Å². The van der Waals surface area contributed by atoms with E-state index in [0.29, 0.717) is 0 Å². The van der Waals surface area contributed by atoms with E-state index >= 15 is 0 Å². The number of ether oxygens (including phenoxy) is 1. The average Bonchev–Trinajstić information content (AvgIpc) is 3.13. The van der Waals surface area contributed by atoms with Gasteiger partial charge >= 0.3 is 0 Å². The van der Waals surface area contributed by atoms with Gasteiger partial charge in [-0.25, -0.2) is 0 Å². The minimum Gasteiger partial charge on any atom is -0.342 e. The van der Waals surface area contributed by atoms with Gasteiger partial charge in [0.05, 0.1) is 11.7 Å². The number of aromatic nitrogens is 1. The summed E-state index contributed by atoms with van der Waals surface area (Å²) in [5.74, 6) is 0.414. The Morgan fingerprint density at radius 1 is 1.09 bits per heavy atom. The maximum atomic E-state index is 13.1. The Labute approximate surface area is 136 Å². The summed E-state index contributed by atoms with van der Waals surface area (Å²) < 4.78 is 8.42. The number of amides is 1. The Hall–Kier alpha value is -2.07.